The van der Waals surface area contributed by atoms with Crippen LogP contribution in [0, 0.1) is 0 Å². The SMILES string of the molecule is OB(O)c1ccc2[nH]c3c(c2c1)CNCC3. The topological polar surface area (TPSA) is 68.3 Å². The van der Waals surface area contributed by atoms with Gasteiger partial charge in [-0.2, -0.15) is 0 Å². The van der Waals surface area contributed by atoms with Gasteiger partial charge in [0.05, 0.1) is 0 Å². The summed E-state index contributed by atoms with van der Waals surface area (Å²) in [5.41, 5.74) is 4.13. The van der Waals surface area contributed by atoms with Gasteiger partial charge in [0.1, 0.15) is 0 Å². The first-order chi connectivity index (χ1) is 7.75. The quantitative estimate of drug-likeness (QED) is 0.485. The van der Waals surface area contributed by atoms with Crippen LogP contribution in [0.3, 0.4) is 0 Å². The van der Waals surface area contributed by atoms with Crippen molar-refractivity contribution in [1.29, 1.82) is 0 Å². The van der Waals surface area contributed by atoms with Crippen LogP contribution in [0.1, 0.15) is 11.3 Å². The normalized spacial score (nSPS) is 15.1. The molecule has 0 radical (unpaired) electrons. The predicted molar refractivity (Wildman–Crippen MR) is 63.5 cm³/mol. The fourth-order valence-corrected chi connectivity index (χ4v) is 2.32. The zero-order valence-electron chi connectivity index (χ0n) is 8.83. The number of hydrogen-bond acceptors (Lipinski definition) is 3. The third-order valence-electron chi connectivity index (χ3n) is 3.17. The fourth-order valence-electron chi connectivity index (χ4n) is 2.32. The lowest BCUT2D eigenvalue weighted by Crippen LogP contribution is -2.29. The number of fused-ring (bicyclic) bond motifs is 3. The third-order valence-corrected chi connectivity index (χ3v) is 3.17. The monoisotopic (exact) mass is 216 g/mol. The van der Waals surface area contributed by atoms with E-state index in [4.69, 9.17) is 10.0 Å². The van der Waals surface area contributed by atoms with E-state index < -0.39 is 7.12 Å². The molecule has 0 saturated carbocycles. The first kappa shape index (κ1) is 9.90. The molecule has 0 fully saturated rings. The van der Waals surface area contributed by atoms with Gasteiger partial charge in [0.25, 0.3) is 0 Å². The van der Waals surface area contributed by atoms with Crippen LogP contribution in [0.4, 0.5) is 0 Å². The molecule has 1 aromatic carbocycles. The van der Waals surface area contributed by atoms with E-state index in [1.54, 1.807) is 6.07 Å². The van der Waals surface area contributed by atoms with Crippen LogP contribution in [-0.2, 0) is 13.0 Å². The minimum absolute atomic E-state index is 0.542. The second-order valence-electron chi connectivity index (χ2n) is 4.19. The summed E-state index contributed by atoms with van der Waals surface area (Å²) < 4.78 is 0. The van der Waals surface area contributed by atoms with Crippen LogP contribution >= 0.6 is 0 Å². The van der Waals surface area contributed by atoms with Gasteiger partial charge in [-0.25, -0.2) is 0 Å². The predicted octanol–water partition coefficient (Wildman–Crippen LogP) is -0.507. The van der Waals surface area contributed by atoms with E-state index in [1.165, 1.54) is 11.3 Å². The molecule has 82 valence electrons. The van der Waals surface area contributed by atoms with Crippen LogP contribution in [0.15, 0.2) is 18.2 Å². The minimum atomic E-state index is -1.40. The van der Waals surface area contributed by atoms with Crippen LogP contribution in [0.25, 0.3) is 10.9 Å². The number of nitrogens with one attached hydrogen (secondary N) is 2. The van der Waals surface area contributed by atoms with E-state index in [2.05, 4.69) is 10.3 Å². The van der Waals surface area contributed by atoms with Gasteiger partial charge in [0.15, 0.2) is 0 Å². The van der Waals surface area contributed by atoms with E-state index in [-0.39, 0.29) is 0 Å². The average Bonchev–Trinajstić information content (AvgIpc) is 2.66. The number of hydrogen-bond donors (Lipinski definition) is 4. The molecule has 3 rings (SSSR count). The Kier molecular flexibility index (Phi) is 2.24. The second-order valence-corrected chi connectivity index (χ2v) is 4.19. The van der Waals surface area contributed by atoms with Gasteiger partial charge in [-0.3, -0.25) is 0 Å². The van der Waals surface area contributed by atoms with Crippen LogP contribution in [0.2, 0.25) is 0 Å². The number of rotatable bonds is 1. The Balaban J connectivity index is 2.21. The second kappa shape index (κ2) is 3.62. The Morgan fingerprint density at radius 2 is 2.12 bits per heavy atom. The van der Waals surface area contributed by atoms with Gasteiger partial charge in [-0.15, -0.1) is 0 Å². The Hall–Kier alpha value is -1.30. The first-order valence-corrected chi connectivity index (χ1v) is 5.46. The molecule has 16 heavy (non-hydrogen) atoms. The lowest BCUT2D eigenvalue weighted by Gasteiger charge is -2.12. The lowest BCUT2D eigenvalue weighted by atomic mass is 9.79. The average molecular weight is 216 g/mol. The molecule has 1 aromatic heterocycles. The molecule has 2 heterocycles. The maximum absolute atomic E-state index is 9.15. The van der Waals surface area contributed by atoms with Gasteiger partial charge in [0.2, 0.25) is 0 Å². The van der Waals surface area contributed by atoms with Gasteiger partial charge < -0.3 is 20.3 Å². The number of H-pyrrole nitrogens is 1. The molecule has 0 atom stereocenters. The molecule has 4 nitrogen and oxygen atoms in total. The van der Waals surface area contributed by atoms with Crippen LogP contribution in [-0.4, -0.2) is 28.7 Å². The van der Waals surface area contributed by atoms with Crippen molar-refractivity contribution in [2.24, 2.45) is 0 Å². The molecule has 0 bridgehead atoms. The van der Waals surface area contributed by atoms with Crippen molar-refractivity contribution in [3.05, 3.63) is 29.5 Å². The molecule has 0 amide bonds. The third kappa shape index (κ3) is 1.45. The molecular formula is C11H13BN2O2. The summed E-state index contributed by atoms with van der Waals surface area (Å²) in [7, 11) is -1.40. The molecule has 0 unspecified atom stereocenters. The molecule has 2 aromatic rings. The van der Waals surface area contributed by atoms with E-state index in [9.17, 15) is 0 Å². The van der Waals surface area contributed by atoms with Crippen LogP contribution < -0.4 is 10.8 Å². The summed E-state index contributed by atoms with van der Waals surface area (Å²) in [6.07, 6.45) is 1.00. The fraction of sp³-hybridized carbons (Fsp3) is 0.273. The highest BCUT2D eigenvalue weighted by Gasteiger charge is 2.17. The van der Waals surface area contributed by atoms with Gasteiger partial charge in [-0.05, 0) is 17.1 Å². The minimum Gasteiger partial charge on any atom is -0.423 e. The summed E-state index contributed by atoms with van der Waals surface area (Å²) in [4.78, 5) is 3.38. The zero-order valence-corrected chi connectivity index (χ0v) is 8.83. The summed E-state index contributed by atoms with van der Waals surface area (Å²) >= 11 is 0. The molecule has 0 spiro atoms. The van der Waals surface area contributed by atoms with E-state index in [0.29, 0.717) is 5.46 Å². The first-order valence-electron chi connectivity index (χ1n) is 5.46. The Morgan fingerprint density at radius 1 is 1.25 bits per heavy atom. The van der Waals surface area contributed by atoms with Crippen molar-refractivity contribution in [3.63, 3.8) is 0 Å². The van der Waals surface area contributed by atoms with Crippen molar-refractivity contribution in [2.75, 3.05) is 6.54 Å². The van der Waals surface area contributed by atoms with Crippen molar-refractivity contribution >= 4 is 23.5 Å². The van der Waals surface area contributed by atoms with Crippen LogP contribution in [0.5, 0.6) is 0 Å². The van der Waals surface area contributed by atoms with E-state index in [0.717, 1.165) is 30.4 Å². The number of aromatic amines is 1. The van der Waals surface area contributed by atoms with Crippen molar-refractivity contribution in [1.82, 2.24) is 10.3 Å². The molecular weight excluding hydrogens is 203 g/mol. The smallest absolute Gasteiger partial charge is 0.423 e. The maximum atomic E-state index is 9.15. The summed E-state index contributed by atoms with van der Waals surface area (Å²) in [5.74, 6) is 0. The highest BCUT2D eigenvalue weighted by atomic mass is 16.4. The Morgan fingerprint density at radius 3 is 2.94 bits per heavy atom. The molecule has 4 N–H and O–H groups in total. The lowest BCUT2D eigenvalue weighted by molar-refractivity contribution is 0.426. The summed E-state index contributed by atoms with van der Waals surface area (Å²) in [5, 5.41) is 22.7. The molecule has 1 aliphatic rings. The molecule has 5 heteroatoms. The van der Waals surface area contributed by atoms with Gasteiger partial charge in [0, 0.05) is 36.1 Å². The van der Waals surface area contributed by atoms with Crippen molar-refractivity contribution in [2.45, 2.75) is 13.0 Å². The highest BCUT2D eigenvalue weighted by Crippen LogP contribution is 2.23. The molecule has 0 saturated heterocycles. The van der Waals surface area contributed by atoms with Gasteiger partial charge in [-0.1, -0.05) is 12.1 Å². The maximum Gasteiger partial charge on any atom is 0.488 e. The Labute approximate surface area is 93.4 Å². The van der Waals surface area contributed by atoms with Crippen molar-refractivity contribution in [3.8, 4) is 0 Å². The summed E-state index contributed by atoms with van der Waals surface area (Å²) in [6, 6.07) is 5.49. The van der Waals surface area contributed by atoms with E-state index in [1.807, 2.05) is 12.1 Å². The molecule has 1 aliphatic heterocycles. The molecule has 0 aliphatic carbocycles. The summed E-state index contributed by atoms with van der Waals surface area (Å²) in [6.45, 7) is 1.84. The van der Waals surface area contributed by atoms with Gasteiger partial charge >= 0.3 is 7.12 Å². The Bertz CT molecular complexity index is 536. The van der Waals surface area contributed by atoms with Crippen molar-refractivity contribution < 1.29 is 10.0 Å². The number of aromatic nitrogens is 1. The zero-order chi connectivity index (χ0) is 11.1. The van der Waals surface area contributed by atoms with E-state index >= 15 is 0 Å². The number of benzene rings is 1. The standard InChI is InChI=1S/C11H13BN2O2/c15-12(16)7-1-2-10-8(5-7)9-6-13-4-3-11(9)14-10/h1-2,5,13-16H,3-4,6H2. The highest BCUT2D eigenvalue weighted by molar-refractivity contribution is 6.58. The largest absolute Gasteiger partial charge is 0.488 e.